The van der Waals surface area contributed by atoms with E-state index >= 15 is 0 Å². The molecule has 1 atom stereocenters. The second-order valence-electron chi connectivity index (χ2n) is 7.50. The predicted molar refractivity (Wildman–Crippen MR) is 99.3 cm³/mol. The van der Waals surface area contributed by atoms with E-state index < -0.39 is 0 Å². The maximum Gasteiger partial charge on any atom is 0.228 e. The van der Waals surface area contributed by atoms with Crippen LogP contribution in [0.2, 0.25) is 0 Å². The third kappa shape index (κ3) is 4.81. The van der Waals surface area contributed by atoms with Crippen LogP contribution in [0, 0.1) is 5.41 Å². The minimum Gasteiger partial charge on any atom is -0.384 e. The van der Waals surface area contributed by atoms with Crippen molar-refractivity contribution in [2.45, 2.75) is 38.3 Å². The summed E-state index contributed by atoms with van der Waals surface area (Å²) in [6, 6.07) is 10.8. The van der Waals surface area contributed by atoms with Gasteiger partial charge in [0.1, 0.15) is 0 Å². The number of likely N-dealkylation sites (tertiary alicyclic amines) is 1. The molecule has 25 heavy (non-hydrogen) atoms. The number of nitrogens with one attached hydrogen (secondary N) is 2. The number of hydrogen-bond acceptors (Lipinski definition) is 4. The summed E-state index contributed by atoms with van der Waals surface area (Å²) in [5, 5.41) is 6.69. The van der Waals surface area contributed by atoms with Gasteiger partial charge in [-0.15, -0.1) is 0 Å². The van der Waals surface area contributed by atoms with E-state index in [-0.39, 0.29) is 17.4 Å². The zero-order chi connectivity index (χ0) is 17.5. The summed E-state index contributed by atoms with van der Waals surface area (Å²) in [5.41, 5.74) is 0.977. The number of methoxy groups -OCH3 is 1. The smallest absolute Gasteiger partial charge is 0.228 e. The van der Waals surface area contributed by atoms with Gasteiger partial charge in [-0.25, -0.2) is 0 Å². The van der Waals surface area contributed by atoms with E-state index in [4.69, 9.17) is 4.74 Å². The summed E-state index contributed by atoms with van der Waals surface area (Å²) in [4.78, 5) is 15.5. The normalized spacial score (nSPS) is 24.0. The molecule has 0 radical (unpaired) electrons. The Labute approximate surface area is 151 Å². The molecule has 1 unspecified atom stereocenters. The van der Waals surface area contributed by atoms with Gasteiger partial charge >= 0.3 is 0 Å². The van der Waals surface area contributed by atoms with Crippen molar-refractivity contribution in [3.05, 3.63) is 35.9 Å². The van der Waals surface area contributed by atoms with Gasteiger partial charge in [0, 0.05) is 26.2 Å². The van der Waals surface area contributed by atoms with Gasteiger partial charge in [-0.2, -0.15) is 0 Å². The Morgan fingerprint density at radius 2 is 2.08 bits per heavy atom. The zero-order valence-corrected chi connectivity index (χ0v) is 15.3. The summed E-state index contributed by atoms with van der Waals surface area (Å²) >= 11 is 0. The highest BCUT2D eigenvalue weighted by Gasteiger charge is 2.40. The molecule has 0 spiro atoms. The first-order valence-corrected chi connectivity index (χ1v) is 9.49. The number of ether oxygens (including phenoxy) is 1. The Morgan fingerprint density at radius 3 is 2.80 bits per heavy atom. The van der Waals surface area contributed by atoms with Gasteiger partial charge in [0.25, 0.3) is 0 Å². The lowest BCUT2D eigenvalue weighted by Gasteiger charge is -2.39. The quantitative estimate of drug-likeness (QED) is 0.825. The van der Waals surface area contributed by atoms with Crippen LogP contribution < -0.4 is 10.6 Å². The fraction of sp³-hybridized carbons (Fsp3) is 0.650. The lowest BCUT2D eigenvalue weighted by Crippen LogP contribution is -2.55. The molecule has 138 valence electrons. The van der Waals surface area contributed by atoms with E-state index in [1.165, 1.54) is 5.56 Å². The van der Waals surface area contributed by atoms with E-state index in [0.717, 1.165) is 58.4 Å². The molecule has 2 saturated heterocycles. The van der Waals surface area contributed by atoms with Crippen LogP contribution in [0.1, 0.15) is 31.2 Å². The standard InChI is InChI=1S/C20H31N3O2/c1-25-16-20(9-11-21-12-10-20)19(24)22-18-8-5-13-23(15-18)14-17-6-3-2-4-7-17/h2-4,6-7,18,21H,5,8-16H2,1H3,(H,22,24). The monoisotopic (exact) mass is 345 g/mol. The second-order valence-corrected chi connectivity index (χ2v) is 7.50. The first-order chi connectivity index (χ1) is 12.2. The first-order valence-electron chi connectivity index (χ1n) is 9.49. The van der Waals surface area contributed by atoms with Crippen LogP contribution in [0.5, 0.6) is 0 Å². The van der Waals surface area contributed by atoms with Crippen molar-refractivity contribution >= 4 is 5.91 Å². The molecular formula is C20H31N3O2. The van der Waals surface area contributed by atoms with Gasteiger partial charge in [0.2, 0.25) is 5.91 Å². The fourth-order valence-electron chi connectivity index (χ4n) is 4.12. The maximum absolute atomic E-state index is 13.0. The van der Waals surface area contributed by atoms with Crippen molar-refractivity contribution in [1.82, 2.24) is 15.5 Å². The highest BCUT2D eigenvalue weighted by atomic mass is 16.5. The molecule has 2 aliphatic rings. The van der Waals surface area contributed by atoms with Crippen molar-refractivity contribution in [2.24, 2.45) is 5.41 Å². The van der Waals surface area contributed by atoms with Gasteiger partial charge in [-0.05, 0) is 50.9 Å². The minimum atomic E-state index is -0.359. The molecule has 1 amide bonds. The van der Waals surface area contributed by atoms with Crippen LogP contribution in [0.25, 0.3) is 0 Å². The molecule has 0 aromatic heterocycles. The summed E-state index contributed by atoms with van der Waals surface area (Å²) in [5.74, 6) is 0.183. The molecule has 2 fully saturated rings. The van der Waals surface area contributed by atoms with E-state index in [9.17, 15) is 4.79 Å². The van der Waals surface area contributed by atoms with Crippen LogP contribution in [0.4, 0.5) is 0 Å². The minimum absolute atomic E-state index is 0.183. The van der Waals surface area contributed by atoms with Crippen LogP contribution in [-0.2, 0) is 16.1 Å². The van der Waals surface area contributed by atoms with Crippen LogP contribution in [0.3, 0.4) is 0 Å². The number of carbonyl (C=O) groups excluding carboxylic acids is 1. The Kier molecular flexibility index (Phi) is 6.45. The molecule has 5 nitrogen and oxygen atoms in total. The molecule has 5 heteroatoms. The van der Waals surface area contributed by atoms with Gasteiger partial charge in [0.15, 0.2) is 0 Å². The number of hydrogen-bond donors (Lipinski definition) is 2. The highest BCUT2D eigenvalue weighted by Crippen LogP contribution is 2.30. The van der Waals surface area contributed by atoms with Crippen molar-refractivity contribution < 1.29 is 9.53 Å². The molecule has 3 rings (SSSR count). The third-order valence-corrected chi connectivity index (χ3v) is 5.55. The van der Waals surface area contributed by atoms with Crippen molar-refractivity contribution in [3.8, 4) is 0 Å². The molecule has 1 aromatic carbocycles. The lowest BCUT2D eigenvalue weighted by atomic mass is 9.78. The first kappa shape index (κ1) is 18.4. The highest BCUT2D eigenvalue weighted by molar-refractivity contribution is 5.83. The SMILES string of the molecule is COCC1(C(=O)NC2CCCN(Cc3ccccc3)C2)CCNCC1. The molecular weight excluding hydrogens is 314 g/mol. The Bertz CT molecular complexity index is 538. The predicted octanol–water partition coefficient (Wildman–Crippen LogP) is 1.78. The van der Waals surface area contributed by atoms with Crippen LogP contribution in [0.15, 0.2) is 30.3 Å². The van der Waals surface area contributed by atoms with E-state index in [1.54, 1.807) is 7.11 Å². The Morgan fingerprint density at radius 1 is 1.32 bits per heavy atom. The molecule has 2 aliphatic heterocycles. The summed E-state index contributed by atoms with van der Waals surface area (Å²) in [6.45, 7) is 5.29. The summed E-state index contributed by atoms with van der Waals surface area (Å²) in [7, 11) is 1.69. The fourth-order valence-corrected chi connectivity index (χ4v) is 4.12. The van der Waals surface area contributed by atoms with Gasteiger partial charge in [-0.1, -0.05) is 30.3 Å². The zero-order valence-electron chi connectivity index (χ0n) is 15.3. The molecule has 2 N–H and O–H groups in total. The van der Waals surface area contributed by atoms with E-state index in [1.807, 2.05) is 0 Å². The average molecular weight is 345 g/mol. The largest absolute Gasteiger partial charge is 0.384 e. The van der Waals surface area contributed by atoms with Gasteiger partial charge in [0.05, 0.1) is 12.0 Å². The Balaban J connectivity index is 1.56. The van der Waals surface area contributed by atoms with Crippen LogP contribution in [-0.4, -0.2) is 56.7 Å². The molecule has 2 heterocycles. The third-order valence-electron chi connectivity index (χ3n) is 5.55. The Hall–Kier alpha value is -1.43. The van der Waals surface area contributed by atoms with Gasteiger partial charge < -0.3 is 15.4 Å². The summed E-state index contributed by atoms with van der Waals surface area (Å²) in [6.07, 6.45) is 3.91. The molecule has 1 aromatic rings. The van der Waals surface area contributed by atoms with E-state index in [0.29, 0.717) is 6.61 Å². The van der Waals surface area contributed by atoms with Crippen molar-refractivity contribution in [2.75, 3.05) is 39.9 Å². The van der Waals surface area contributed by atoms with Gasteiger partial charge in [-0.3, -0.25) is 9.69 Å². The van der Waals surface area contributed by atoms with E-state index in [2.05, 4.69) is 45.9 Å². The number of amides is 1. The van der Waals surface area contributed by atoms with Crippen molar-refractivity contribution in [3.63, 3.8) is 0 Å². The number of nitrogens with zero attached hydrogens (tertiary/aromatic N) is 1. The number of piperidine rings is 2. The van der Waals surface area contributed by atoms with Crippen LogP contribution >= 0.6 is 0 Å². The maximum atomic E-state index is 13.0. The topological polar surface area (TPSA) is 53.6 Å². The second kappa shape index (κ2) is 8.79. The lowest BCUT2D eigenvalue weighted by molar-refractivity contribution is -0.137. The van der Waals surface area contributed by atoms with Crippen molar-refractivity contribution in [1.29, 1.82) is 0 Å². The number of carbonyl (C=O) groups is 1. The molecule has 0 bridgehead atoms. The molecule has 0 saturated carbocycles. The summed E-state index contributed by atoms with van der Waals surface area (Å²) < 4.78 is 5.40. The number of rotatable bonds is 6. The molecule has 0 aliphatic carbocycles. The average Bonchev–Trinajstić information content (AvgIpc) is 2.64. The number of benzene rings is 1.